The Morgan fingerprint density at radius 2 is 2.22 bits per heavy atom. The Morgan fingerprint density at radius 3 is 2.83 bits per heavy atom. The van der Waals surface area contributed by atoms with Crippen LogP contribution in [0, 0.1) is 0 Å². The number of hydrogen-bond acceptors (Lipinski definition) is 3. The third-order valence-corrected chi connectivity index (χ3v) is 2.84. The van der Waals surface area contributed by atoms with Crippen LogP contribution >= 0.6 is 0 Å². The Balaban J connectivity index is 2.75. The topological polar surface area (TPSA) is 59.4 Å². The molecule has 0 unspecified atom stereocenters. The Bertz CT molecular complexity index is 593. The number of carboxylic acid groups (broad SMARTS) is 1. The summed E-state index contributed by atoms with van der Waals surface area (Å²) in [6.07, 6.45) is 1.86. The highest BCUT2D eigenvalue weighted by atomic mass is 16.5. The van der Waals surface area contributed by atoms with Gasteiger partial charge in [0.1, 0.15) is 5.75 Å². The molecule has 2 aromatic rings. The van der Waals surface area contributed by atoms with Crippen LogP contribution in [0.1, 0.15) is 29.4 Å². The average molecular weight is 245 g/mol. The lowest BCUT2D eigenvalue weighted by Gasteiger charge is -2.09. The number of carbonyl (C=O) groups is 1. The summed E-state index contributed by atoms with van der Waals surface area (Å²) in [5.74, 6) is -0.489. The summed E-state index contributed by atoms with van der Waals surface area (Å²) in [6, 6.07) is 7.27. The molecule has 1 heterocycles. The quantitative estimate of drug-likeness (QED) is 0.899. The molecule has 4 nitrogen and oxygen atoms in total. The van der Waals surface area contributed by atoms with Crippen molar-refractivity contribution in [2.75, 3.05) is 7.11 Å². The average Bonchev–Trinajstić information content (AvgIpc) is 2.38. The number of carboxylic acids is 1. The lowest BCUT2D eigenvalue weighted by molar-refractivity contribution is 0.0690. The van der Waals surface area contributed by atoms with Crippen molar-refractivity contribution >= 4 is 16.9 Å². The van der Waals surface area contributed by atoms with E-state index in [1.54, 1.807) is 0 Å². The van der Waals surface area contributed by atoms with Gasteiger partial charge in [0.05, 0.1) is 12.6 Å². The summed E-state index contributed by atoms with van der Waals surface area (Å²) in [5, 5.41) is 9.92. The molecule has 0 aliphatic heterocycles. The molecule has 18 heavy (non-hydrogen) atoms. The Kier molecular flexibility index (Phi) is 3.46. The second-order valence-electron chi connectivity index (χ2n) is 4.08. The first kappa shape index (κ1) is 12.4. The lowest BCUT2D eigenvalue weighted by atomic mass is 10.0. The zero-order chi connectivity index (χ0) is 13.1. The van der Waals surface area contributed by atoms with E-state index in [2.05, 4.69) is 11.9 Å². The third-order valence-electron chi connectivity index (χ3n) is 2.84. The van der Waals surface area contributed by atoms with Crippen molar-refractivity contribution in [3.63, 3.8) is 0 Å². The van der Waals surface area contributed by atoms with Crippen molar-refractivity contribution in [2.45, 2.75) is 19.8 Å². The molecule has 0 saturated carbocycles. The number of hydrogen-bond donors (Lipinski definition) is 1. The first-order valence-electron chi connectivity index (χ1n) is 5.87. The summed E-state index contributed by atoms with van der Waals surface area (Å²) in [7, 11) is 1.53. The standard InChI is InChI=1S/C14H15NO3/c1-3-5-9-6-4-7-10-12(18-2)8-11(14(16)17)15-13(9)10/h4,6-8H,3,5H2,1-2H3,(H,16,17). The van der Waals surface area contributed by atoms with Crippen molar-refractivity contribution in [1.82, 2.24) is 4.98 Å². The van der Waals surface area contributed by atoms with E-state index < -0.39 is 5.97 Å². The van der Waals surface area contributed by atoms with Crippen molar-refractivity contribution < 1.29 is 14.6 Å². The Labute approximate surface area is 105 Å². The van der Waals surface area contributed by atoms with E-state index in [1.165, 1.54) is 13.2 Å². The van der Waals surface area contributed by atoms with Crippen LogP contribution in [0.15, 0.2) is 24.3 Å². The molecule has 1 aromatic heterocycles. The minimum Gasteiger partial charge on any atom is -0.496 e. The molecule has 0 saturated heterocycles. The smallest absolute Gasteiger partial charge is 0.354 e. The largest absolute Gasteiger partial charge is 0.496 e. The van der Waals surface area contributed by atoms with Gasteiger partial charge in [0, 0.05) is 11.5 Å². The summed E-state index contributed by atoms with van der Waals surface area (Å²) in [4.78, 5) is 15.3. The highest BCUT2D eigenvalue weighted by Crippen LogP contribution is 2.28. The maximum Gasteiger partial charge on any atom is 0.354 e. The predicted molar refractivity (Wildman–Crippen MR) is 69.2 cm³/mol. The van der Waals surface area contributed by atoms with Gasteiger partial charge in [-0.25, -0.2) is 9.78 Å². The summed E-state index contributed by atoms with van der Waals surface area (Å²) >= 11 is 0. The minimum absolute atomic E-state index is 0.0166. The Morgan fingerprint density at radius 1 is 1.44 bits per heavy atom. The van der Waals surface area contributed by atoms with Gasteiger partial charge in [0.15, 0.2) is 5.69 Å². The molecule has 2 rings (SSSR count). The van der Waals surface area contributed by atoms with E-state index in [1.807, 2.05) is 18.2 Å². The third kappa shape index (κ3) is 2.14. The molecule has 0 aliphatic carbocycles. The first-order valence-corrected chi connectivity index (χ1v) is 5.87. The van der Waals surface area contributed by atoms with Gasteiger partial charge in [-0.05, 0) is 18.1 Å². The van der Waals surface area contributed by atoms with Gasteiger partial charge in [-0.2, -0.15) is 0 Å². The van der Waals surface area contributed by atoms with E-state index in [9.17, 15) is 4.79 Å². The number of aryl methyl sites for hydroxylation is 1. The van der Waals surface area contributed by atoms with Gasteiger partial charge in [-0.15, -0.1) is 0 Å². The number of ether oxygens (including phenoxy) is 1. The van der Waals surface area contributed by atoms with Gasteiger partial charge in [-0.1, -0.05) is 25.5 Å². The number of pyridine rings is 1. The fourth-order valence-electron chi connectivity index (χ4n) is 2.03. The SMILES string of the molecule is CCCc1cccc2c(OC)cc(C(=O)O)nc12. The molecule has 0 fully saturated rings. The molecule has 4 heteroatoms. The number of aromatic nitrogens is 1. The minimum atomic E-state index is -1.04. The number of methoxy groups -OCH3 is 1. The fraction of sp³-hybridized carbons (Fsp3) is 0.286. The molecule has 1 aromatic carbocycles. The van der Waals surface area contributed by atoms with Gasteiger partial charge in [0.2, 0.25) is 0 Å². The number of fused-ring (bicyclic) bond motifs is 1. The van der Waals surface area contributed by atoms with Crippen molar-refractivity contribution in [1.29, 1.82) is 0 Å². The van der Waals surface area contributed by atoms with E-state index in [0.29, 0.717) is 5.75 Å². The van der Waals surface area contributed by atoms with Crippen LogP contribution in [0.25, 0.3) is 10.9 Å². The molecule has 0 radical (unpaired) electrons. The second kappa shape index (κ2) is 5.04. The first-order chi connectivity index (χ1) is 8.67. The maximum absolute atomic E-state index is 11.1. The van der Waals surface area contributed by atoms with E-state index >= 15 is 0 Å². The summed E-state index contributed by atoms with van der Waals surface area (Å²) < 4.78 is 5.25. The van der Waals surface area contributed by atoms with Gasteiger partial charge in [0.25, 0.3) is 0 Å². The number of nitrogens with zero attached hydrogens (tertiary/aromatic N) is 1. The molecular formula is C14H15NO3. The van der Waals surface area contributed by atoms with Crippen molar-refractivity contribution in [2.24, 2.45) is 0 Å². The van der Waals surface area contributed by atoms with Crippen LogP contribution in [0.5, 0.6) is 5.75 Å². The monoisotopic (exact) mass is 245 g/mol. The Hall–Kier alpha value is -2.10. The number of para-hydroxylation sites is 1. The number of rotatable bonds is 4. The maximum atomic E-state index is 11.1. The van der Waals surface area contributed by atoms with Crippen molar-refractivity contribution in [3.8, 4) is 5.75 Å². The predicted octanol–water partition coefficient (Wildman–Crippen LogP) is 2.89. The summed E-state index contributed by atoms with van der Waals surface area (Å²) in [5.41, 5.74) is 1.79. The van der Waals surface area contributed by atoms with Crippen LogP contribution < -0.4 is 4.74 Å². The molecule has 0 atom stereocenters. The molecule has 0 amide bonds. The normalized spacial score (nSPS) is 10.6. The van der Waals surface area contributed by atoms with Crippen molar-refractivity contribution in [3.05, 3.63) is 35.5 Å². The molecule has 94 valence electrons. The molecular weight excluding hydrogens is 230 g/mol. The number of aromatic carboxylic acids is 1. The molecule has 0 aliphatic rings. The highest BCUT2D eigenvalue weighted by Gasteiger charge is 2.13. The summed E-state index contributed by atoms with van der Waals surface area (Å²) in [6.45, 7) is 2.08. The van der Waals surface area contributed by atoms with Crippen LogP contribution in [-0.4, -0.2) is 23.2 Å². The molecule has 0 bridgehead atoms. The highest BCUT2D eigenvalue weighted by molar-refractivity contribution is 5.94. The molecule has 0 spiro atoms. The van der Waals surface area contributed by atoms with E-state index in [0.717, 1.165) is 29.3 Å². The van der Waals surface area contributed by atoms with Gasteiger partial charge < -0.3 is 9.84 Å². The van der Waals surface area contributed by atoms with Crippen LogP contribution in [0.3, 0.4) is 0 Å². The lowest BCUT2D eigenvalue weighted by Crippen LogP contribution is -2.03. The van der Waals surface area contributed by atoms with Crippen LogP contribution in [0.2, 0.25) is 0 Å². The van der Waals surface area contributed by atoms with E-state index in [-0.39, 0.29) is 5.69 Å². The fourth-order valence-corrected chi connectivity index (χ4v) is 2.03. The molecule has 1 N–H and O–H groups in total. The second-order valence-corrected chi connectivity index (χ2v) is 4.08. The van der Waals surface area contributed by atoms with Crippen LogP contribution in [-0.2, 0) is 6.42 Å². The van der Waals surface area contributed by atoms with Gasteiger partial charge in [-0.3, -0.25) is 0 Å². The van der Waals surface area contributed by atoms with E-state index in [4.69, 9.17) is 9.84 Å². The zero-order valence-electron chi connectivity index (χ0n) is 10.4. The number of benzene rings is 1. The van der Waals surface area contributed by atoms with Crippen LogP contribution in [0.4, 0.5) is 0 Å². The zero-order valence-corrected chi connectivity index (χ0v) is 10.4. The van der Waals surface area contributed by atoms with Gasteiger partial charge >= 0.3 is 5.97 Å².